The lowest BCUT2D eigenvalue weighted by molar-refractivity contribution is 0.397. The normalized spacial score (nSPS) is 14.4. The van der Waals surface area contributed by atoms with Gasteiger partial charge < -0.3 is 19.8 Å². The van der Waals surface area contributed by atoms with Gasteiger partial charge in [-0.15, -0.1) is 0 Å². The number of methoxy groups -OCH3 is 1. The summed E-state index contributed by atoms with van der Waals surface area (Å²) in [6.07, 6.45) is 4.01. The molecule has 0 amide bonds. The highest BCUT2D eigenvalue weighted by molar-refractivity contribution is 5.64. The number of hydrogen-bond acceptors (Lipinski definition) is 5. The van der Waals surface area contributed by atoms with Crippen LogP contribution in [0.2, 0.25) is 0 Å². The molecule has 2 N–H and O–H groups in total. The Kier molecular flexibility index (Phi) is 3.03. The first-order chi connectivity index (χ1) is 9.28. The van der Waals surface area contributed by atoms with Gasteiger partial charge in [0.1, 0.15) is 5.76 Å². The van der Waals surface area contributed by atoms with Crippen LogP contribution in [0.1, 0.15) is 18.6 Å². The highest BCUT2D eigenvalue weighted by Gasteiger charge is 2.32. The zero-order valence-electron chi connectivity index (χ0n) is 10.9. The van der Waals surface area contributed by atoms with Gasteiger partial charge in [0.05, 0.1) is 25.6 Å². The molecule has 0 aromatic carbocycles. The van der Waals surface area contributed by atoms with E-state index in [4.69, 9.17) is 14.9 Å². The van der Waals surface area contributed by atoms with Crippen molar-refractivity contribution in [2.45, 2.75) is 25.4 Å². The quantitative estimate of drug-likeness (QED) is 0.893. The van der Waals surface area contributed by atoms with E-state index in [1.165, 1.54) is 12.8 Å². The second-order valence-corrected chi connectivity index (χ2v) is 4.70. The summed E-state index contributed by atoms with van der Waals surface area (Å²) in [7, 11) is 1.61. The van der Waals surface area contributed by atoms with Gasteiger partial charge in [-0.05, 0) is 31.0 Å². The molecule has 5 nitrogen and oxygen atoms in total. The van der Waals surface area contributed by atoms with Crippen LogP contribution in [0.5, 0.6) is 5.88 Å². The minimum absolute atomic E-state index is 0.493. The molecule has 1 aliphatic carbocycles. The van der Waals surface area contributed by atoms with E-state index in [1.54, 1.807) is 19.4 Å². The molecule has 0 bridgehead atoms. The summed E-state index contributed by atoms with van der Waals surface area (Å²) in [5.41, 5.74) is 6.72. The van der Waals surface area contributed by atoms with Gasteiger partial charge in [0.15, 0.2) is 5.82 Å². The van der Waals surface area contributed by atoms with Gasteiger partial charge in [-0.25, -0.2) is 0 Å². The van der Waals surface area contributed by atoms with E-state index in [0.29, 0.717) is 24.2 Å². The van der Waals surface area contributed by atoms with E-state index in [9.17, 15) is 0 Å². The lowest BCUT2D eigenvalue weighted by atomic mass is 10.3. The van der Waals surface area contributed by atoms with Gasteiger partial charge >= 0.3 is 0 Å². The van der Waals surface area contributed by atoms with Crippen molar-refractivity contribution in [3.63, 3.8) is 0 Å². The standard InChI is InChI=1S/C14H17N3O2/c1-18-13-7-6-12(15)14(16-13)17(10-4-5-10)9-11-3-2-8-19-11/h2-3,6-8,10H,4-5,9,15H2,1H3. The Morgan fingerprint density at radius 1 is 1.42 bits per heavy atom. The maximum Gasteiger partial charge on any atom is 0.215 e. The van der Waals surface area contributed by atoms with Crippen LogP contribution in [0.3, 0.4) is 0 Å². The van der Waals surface area contributed by atoms with Crippen molar-refractivity contribution in [2.75, 3.05) is 17.7 Å². The zero-order valence-corrected chi connectivity index (χ0v) is 10.9. The van der Waals surface area contributed by atoms with Crippen LogP contribution in [0.15, 0.2) is 34.9 Å². The fraction of sp³-hybridized carbons (Fsp3) is 0.357. The maximum atomic E-state index is 6.05. The van der Waals surface area contributed by atoms with Crippen molar-refractivity contribution in [2.24, 2.45) is 0 Å². The number of nitrogens with two attached hydrogens (primary N) is 1. The fourth-order valence-corrected chi connectivity index (χ4v) is 2.12. The topological polar surface area (TPSA) is 64.5 Å². The van der Waals surface area contributed by atoms with Crippen LogP contribution >= 0.6 is 0 Å². The molecule has 0 spiro atoms. The molecule has 1 saturated carbocycles. The highest BCUT2D eigenvalue weighted by Crippen LogP contribution is 2.35. The molecule has 19 heavy (non-hydrogen) atoms. The van der Waals surface area contributed by atoms with E-state index >= 15 is 0 Å². The average Bonchev–Trinajstić information content (AvgIpc) is 3.14. The molecular formula is C14H17N3O2. The van der Waals surface area contributed by atoms with Crippen LogP contribution in [0.4, 0.5) is 11.5 Å². The first kappa shape index (κ1) is 11.9. The Balaban J connectivity index is 1.91. The minimum Gasteiger partial charge on any atom is -0.481 e. The third kappa shape index (κ3) is 2.50. The number of nitrogens with zero attached hydrogens (tertiary/aromatic N) is 2. The number of aromatic nitrogens is 1. The lowest BCUT2D eigenvalue weighted by Gasteiger charge is -2.24. The van der Waals surface area contributed by atoms with Gasteiger partial charge in [-0.2, -0.15) is 4.98 Å². The minimum atomic E-state index is 0.493. The third-order valence-corrected chi connectivity index (χ3v) is 3.25. The molecule has 0 unspecified atom stereocenters. The van der Waals surface area contributed by atoms with Crippen molar-refractivity contribution in [3.05, 3.63) is 36.3 Å². The van der Waals surface area contributed by atoms with Crippen LogP contribution < -0.4 is 15.4 Å². The Morgan fingerprint density at radius 2 is 2.26 bits per heavy atom. The van der Waals surface area contributed by atoms with Gasteiger partial charge in [0.2, 0.25) is 5.88 Å². The van der Waals surface area contributed by atoms with E-state index < -0.39 is 0 Å². The second kappa shape index (κ2) is 4.84. The van der Waals surface area contributed by atoms with E-state index in [-0.39, 0.29) is 0 Å². The molecule has 1 aliphatic rings. The monoisotopic (exact) mass is 259 g/mol. The van der Waals surface area contributed by atoms with Gasteiger partial charge in [-0.3, -0.25) is 0 Å². The average molecular weight is 259 g/mol. The number of hydrogen-bond donors (Lipinski definition) is 1. The molecule has 2 aromatic heterocycles. The Bertz CT molecular complexity index is 550. The molecule has 1 fully saturated rings. The molecule has 3 rings (SSSR count). The van der Waals surface area contributed by atoms with Crippen molar-refractivity contribution in [1.82, 2.24) is 4.98 Å². The van der Waals surface area contributed by atoms with Crippen molar-refractivity contribution < 1.29 is 9.15 Å². The van der Waals surface area contributed by atoms with Crippen molar-refractivity contribution in [1.29, 1.82) is 0 Å². The van der Waals surface area contributed by atoms with Crippen LogP contribution in [-0.4, -0.2) is 18.1 Å². The summed E-state index contributed by atoms with van der Waals surface area (Å²) in [5.74, 6) is 2.27. The third-order valence-electron chi connectivity index (χ3n) is 3.25. The first-order valence-electron chi connectivity index (χ1n) is 6.37. The predicted molar refractivity (Wildman–Crippen MR) is 73.1 cm³/mol. The molecule has 5 heteroatoms. The first-order valence-corrected chi connectivity index (χ1v) is 6.37. The van der Waals surface area contributed by atoms with Crippen molar-refractivity contribution in [3.8, 4) is 5.88 Å². The van der Waals surface area contributed by atoms with E-state index in [2.05, 4.69) is 9.88 Å². The summed E-state index contributed by atoms with van der Waals surface area (Å²) in [4.78, 5) is 6.66. The highest BCUT2D eigenvalue weighted by atomic mass is 16.5. The Hall–Kier alpha value is -2.17. The molecule has 0 radical (unpaired) electrons. The summed E-state index contributed by atoms with van der Waals surface area (Å²) in [6, 6.07) is 7.95. The summed E-state index contributed by atoms with van der Waals surface area (Å²) in [5, 5.41) is 0. The Labute approximate surface area is 112 Å². The van der Waals surface area contributed by atoms with E-state index in [0.717, 1.165) is 11.6 Å². The van der Waals surface area contributed by atoms with Gasteiger partial charge in [-0.1, -0.05) is 0 Å². The molecule has 0 aliphatic heterocycles. The molecule has 2 aromatic rings. The molecule has 0 saturated heterocycles. The summed E-state index contributed by atoms with van der Waals surface area (Å²) >= 11 is 0. The molecule has 2 heterocycles. The van der Waals surface area contributed by atoms with Crippen molar-refractivity contribution >= 4 is 11.5 Å². The van der Waals surface area contributed by atoms with Crippen LogP contribution in [0.25, 0.3) is 0 Å². The van der Waals surface area contributed by atoms with Gasteiger partial charge in [0.25, 0.3) is 0 Å². The molecule has 100 valence electrons. The number of ether oxygens (including phenoxy) is 1. The smallest absolute Gasteiger partial charge is 0.215 e. The lowest BCUT2D eigenvalue weighted by Crippen LogP contribution is -2.26. The molecular weight excluding hydrogens is 242 g/mol. The number of rotatable bonds is 5. The zero-order chi connectivity index (χ0) is 13.2. The van der Waals surface area contributed by atoms with Gasteiger partial charge in [0, 0.05) is 12.1 Å². The largest absolute Gasteiger partial charge is 0.481 e. The Morgan fingerprint density at radius 3 is 2.89 bits per heavy atom. The second-order valence-electron chi connectivity index (χ2n) is 4.70. The molecule has 0 atom stereocenters. The maximum absolute atomic E-state index is 6.05. The van der Waals surface area contributed by atoms with Crippen LogP contribution in [0, 0.1) is 0 Å². The van der Waals surface area contributed by atoms with E-state index in [1.807, 2.05) is 18.2 Å². The SMILES string of the molecule is COc1ccc(N)c(N(Cc2ccco2)C2CC2)n1. The number of pyridine rings is 1. The van der Waals surface area contributed by atoms with Crippen LogP contribution in [-0.2, 0) is 6.54 Å². The number of anilines is 2. The number of furan rings is 1. The summed E-state index contributed by atoms with van der Waals surface area (Å²) < 4.78 is 10.6. The predicted octanol–water partition coefficient (Wildman–Crippen LogP) is 2.43. The number of nitrogen functional groups attached to an aromatic ring is 1. The summed E-state index contributed by atoms with van der Waals surface area (Å²) in [6.45, 7) is 0.683. The fourth-order valence-electron chi connectivity index (χ4n) is 2.12.